The lowest BCUT2D eigenvalue weighted by Gasteiger charge is -2.63. The van der Waals surface area contributed by atoms with Crippen molar-refractivity contribution in [2.45, 2.75) is 65.6 Å². The molecule has 2 atom stereocenters. The van der Waals surface area contributed by atoms with Gasteiger partial charge in [0.15, 0.2) is 0 Å². The fraction of sp³-hybridized carbons (Fsp3) is 0.455. The third-order valence-electron chi connectivity index (χ3n) is 9.08. The van der Waals surface area contributed by atoms with Crippen molar-refractivity contribution in [2.24, 2.45) is 16.7 Å². The minimum absolute atomic E-state index is 0.0643. The Morgan fingerprint density at radius 2 is 1.78 bits per heavy atom. The number of piperidine rings is 1. The molecule has 0 spiro atoms. The highest BCUT2D eigenvalue weighted by Crippen LogP contribution is 2.56. The number of methoxy groups -OCH3 is 1. The van der Waals surface area contributed by atoms with E-state index >= 15 is 0 Å². The number of esters is 1. The van der Waals surface area contributed by atoms with Crippen LogP contribution < -0.4 is 15.0 Å². The molecule has 3 aromatic rings. The number of pyridine rings is 1. The van der Waals surface area contributed by atoms with Crippen molar-refractivity contribution in [3.8, 4) is 11.8 Å². The highest BCUT2D eigenvalue weighted by atomic mass is 16.5. The number of nitrogens with zero attached hydrogens (tertiary/aromatic N) is 3. The molecule has 1 aromatic heterocycles. The largest absolute Gasteiger partial charge is 0.488 e. The first kappa shape index (κ1) is 28.4. The SMILES string of the molecule is COC(=O)[C@@H]1CCN(c2ccc(C(=O)NC3C(C)(C)C(Oc4ccc(C#N)c5ncccc45)C3(C)C)cc2)[C@H](C)C1. The molecular formula is C33H38N4O4. The summed E-state index contributed by atoms with van der Waals surface area (Å²) in [5, 5.41) is 13.6. The number of aromatic nitrogens is 1. The molecule has 2 heterocycles. The topological polar surface area (TPSA) is 105 Å². The average molecular weight is 555 g/mol. The Bertz CT molecular complexity index is 1490. The van der Waals surface area contributed by atoms with Crippen LogP contribution in [0.5, 0.6) is 5.75 Å². The first-order chi connectivity index (χ1) is 19.5. The van der Waals surface area contributed by atoms with Crippen molar-refractivity contribution in [1.29, 1.82) is 5.26 Å². The quantitative estimate of drug-likeness (QED) is 0.402. The number of carbonyl (C=O) groups is 2. The highest BCUT2D eigenvalue weighted by Gasteiger charge is 2.64. The van der Waals surface area contributed by atoms with Gasteiger partial charge in [-0.05, 0) is 68.3 Å². The van der Waals surface area contributed by atoms with Crippen LogP contribution in [-0.4, -0.2) is 48.7 Å². The maximum absolute atomic E-state index is 13.4. The van der Waals surface area contributed by atoms with E-state index in [2.05, 4.69) is 55.9 Å². The number of fused-ring (bicyclic) bond motifs is 1. The van der Waals surface area contributed by atoms with E-state index < -0.39 is 0 Å². The Kier molecular flexibility index (Phi) is 7.41. The van der Waals surface area contributed by atoms with Crippen LogP contribution in [0.25, 0.3) is 10.9 Å². The maximum Gasteiger partial charge on any atom is 0.308 e. The molecule has 1 aliphatic heterocycles. The van der Waals surface area contributed by atoms with Crippen molar-refractivity contribution in [2.75, 3.05) is 18.6 Å². The van der Waals surface area contributed by atoms with Crippen LogP contribution in [0.15, 0.2) is 54.7 Å². The molecule has 5 rings (SSSR count). The van der Waals surface area contributed by atoms with Gasteiger partial charge in [0.1, 0.15) is 17.9 Å². The summed E-state index contributed by atoms with van der Waals surface area (Å²) in [6.07, 6.45) is 3.01. The molecule has 1 amide bonds. The number of anilines is 1. The van der Waals surface area contributed by atoms with Crippen molar-refractivity contribution in [3.05, 3.63) is 65.9 Å². The van der Waals surface area contributed by atoms with E-state index in [1.165, 1.54) is 7.11 Å². The second kappa shape index (κ2) is 10.7. The zero-order chi connectivity index (χ0) is 29.5. The molecule has 8 nitrogen and oxygen atoms in total. The predicted octanol–water partition coefficient (Wildman–Crippen LogP) is 5.50. The van der Waals surface area contributed by atoms with Gasteiger partial charge in [0, 0.05) is 52.3 Å². The van der Waals surface area contributed by atoms with E-state index in [0.29, 0.717) is 22.4 Å². The van der Waals surface area contributed by atoms with Gasteiger partial charge in [-0.2, -0.15) is 5.26 Å². The van der Waals surface area contributed by atoms with E-state index in [-0.39, 0.29) is 46.8 Å². The van der Waals surface area contributed by atoms with Crippen molar-refractivity contribution >= 4 is 28.5 Å². The van der Waals surface area contributed by atoms with Gasteiger partial charge in [0.25, 0.3) is 5.91 Å². The van der Waals surface area contributed by atoms with E-state index in [1.54, 1.807) is 12.3 Å². The first-order valence-electron chi connectivity index (χ1n) is 14.2. The number of amides is 1. The smallest absolute Gasteiger partial charge is 0.308 e. The monoisotopic (exact) mass is 554 g/mol. The summed E-state index contributed by atoms with van der Waals surface area (Å²) in [6.45, 7) is 11.3. The molecule has 2 fully saturated rings. The van der Waals surface area contributed by atoms with Gasteiger partial charge in [-0.25, -0.2) is 0 Å². The zero-order valence-electron chi connectivity index (χ0n) is 24.6. The van der Waals surface area contributed by atoms with Gasteiger partial charge >= 0.3 is 5.97 Å². The molecule has 1 saturated carbocycles. The number of nitrogens with one attached hydrogen (secondary N) is 1. The molecule has 214 valence electrons. The average Bonchev–Trinajstić information content (AvgIpc) is 2.97. The summed E-state index contributed by atoms with van der Waals surface area (Å²) in [5.74, 6) is 0.362. The Balaban J connectivity index is 1.27. The van der Waals surface area contributed by atoms with Gasteiger partial charge in [0.2, 0.25) is 0 Å². The normalized spacial score (nSPS) is 24.6. The van der Waals surface area contributed by atoms with E-state index in [9.17, 15) is 14.9 Å². The van der Waals surface area contributed by atoms with Crippen LogP contribution in [0.4, 0.5) is 5.69 Å². The minimum atomic E-state index is -0.346. The molecule has 1 saturated heterocycles. The Morgan fingerprint density at radius 1 is 1.07 bits per heavy atom. The lowest BCUT2D eigenvalue weighted by molar-refractivity contribution is -0.163. The van der Waals surface area contributed by atoms with Crippen LogP contribution in [0, 0.1) is 28.1 Å². The van der Waals surface area contributed by atoms with E-state index in [4.69, 9.17) is 9.47 Å². The second-order valence-electron chi connectivity index (χ2n) is 12.5. The molecule has 2 aliphatic rings. The standard InChI is InChI=1S/C33H38N4O4/c1-20-18-22(29(39)40-6)15-17-37(20)24-12-9-21(10-13-24)28(38)36-30-32(2,3)31(33(30,4)5)41-26-14-11-23(19-34)27-25(26)8-7-16-35-27/h7-14,16,20,22,30-31H,15,17-18H2,1-6H3,(H,36,38)/t20-,22-,30?,31?/m1/s1. The van der Waals surface area contributed by atoms with Crippen LogP contribution in [0.1, 0.15) is 63.4 Å². The lowest BCUT2D eigenvalue weighted by Crippen LogP contribution is -2.74. The summed E-state index contributed by atoms with van der Waals surface area (Å²) >= 11 is 0. The molecule has 0 radical (unpaired) electrons. The fourth-order valence-corrected chi connectivity index (χ4v) is 7.22. The van der Waals surface area contributed by atoms with Gasteiger partial charge in [-0.1, -0.05) is 27.7 Å². The summed E-state index contributed by atoms with van der Waals surface area (Å²) in [4.78, 5) is 32.0. The molecule has 1 aliphatic carbocycles. The van der Waals surface area contributed by atoms with E-state index in [1.807, 2.05) is 42.5 Å². The molecule has 8 heteroatoms. The van der Waals surface area contributed by atoms with Crippen LogP contribution >= 0.6 is 0 Å². The molecule has 2 aromatic carbocycles. The number of ether oxygens (including phenoxy) is 2. The first-order valence-corrected chi connectivity index (χ1v) is 14.2. The molecule has 0 bridgehead atoms. The van der Waals surface area contributed by atoms with Gasteiger partial charge < -0.3 is 19.7 Å². The summed E-state index contributed by atoms with van der Waals surface area (Å²) < 4.78 is 11.5. The number of hydrogen-bond donors (Lipinski definition) is 1. The second-order valence-corrected chi connectivity index (χ2v) is 12.5. The van der Waals surface area contributed by atoms with Crippen LogP contribution in [-0.2, 0) is 9.53 Å². The van der Waals surface area contributed by atoms with Crippen molar-refractivity contribution in [3.63, 3.8) is 0 Å². The number of carbonyl (C=O) groups excluding carboxylic acids is 2. The third-order valence-corrected chi connectivity index (χ3v) is 9.08. The van der Waals surface area contributed by atoms with Crippen molar-refractivity contribution < 1.29 is 19.1 Å². The molecule has 1 N–H and O–H groups in total. The summed E-state index contributed by atoms with van der Waals surface area (Å²) in [5.41, 5.74) is 2.08. The molecular weight excluding hydrogens is 516 g/mol. The number of hydrogen-bond acceptors (Lipinski definition) is 7. The highest BCUT2D eigenvalue weighted by molar-refractivity contribution is 5.95. The zero-order valence-corrected chi connectivity index (χ0v) is 24.6. The Hall–Kier alpha value is -4.12. The summed E-state index contributed by atoms with van der Waals surface area (Å²) in [6, 6.07) is 17.3. The van der Waals surface area contributed by atoms with Gasteiger partial charge in [-0.15, -0.1) is 0 Å². The van der Waals surface area contributed by atoms with Crippen LogP contribution in [0.2, 0.25) is 0 Å². The van der Waals surface area contributed by atoms with Gasteiger partial charge in [0.05, 0.1) is 24.1 Å². The fourth-order valence-electron chi connectivity index (χ4n) is 7.22. The third kappa shape index (κ3) is 4.99. The van der Waals surface area contributed by atoms with Gasteiger partial charge in [-0.3, -0.25) is 14.6 Å². The number of rotatable bonds is 6. The number of nitriles is 1. The summed E-state index contributed by atoms with van der Waals surface area (Å²) in [7, 11) is 1.44. The molecule has 41 heavy (non-hydrogen) atoms. The maximum atomic E-state index is 13.4. The Labute approximate surface area is 241 Å². The number of benzene rings is 2. The predicted molar refractivity (Wildman–Crippen MR) is 158 cm³/mol. The minimum Gasteiger partial charge on any atom is -0.488 e. The Morgan fingerprint density at radius 3 is 2.41 bits per heavy atom. The molecule has 0 unspecified atom stereocenters. The van der Waals surface area contributed by atoms with E-state index in [0.717, 1.165) is 30.5 Å². The van der Waals surface area contributed by atoms with Crippen LogP contribution in [0.3, 0.4) is 0 Å². The van der Waals surface area contributed by atoms with Crippen molar-refractivity contribution in [1.82, 2.24) is 10.3 Å². The lowest BCUT2D eigenvalue weighted by atomic mass is 9.49.